The molecule has 0 aliphatic carbocycles. The SMILES string of the molecule is CN1C(=O)/C(=C/C=C/c2ccccc2[N+](=O)[O-])SC1=Nc1cccnc1. The predicted molar refractivity (Wildman–Crippen MR) is 102 cm³/mol. The molecule has 0 N–H and O–H groups in total. The van der Waals surface area contributed by atoms with Crippen LogP contribution in [0.3, 0.4) is 0 Å². The lowest BCUT2D eigenvalue weighted by Crippen LogP contribution is -2.23. The van der Waals surface area contributed by atoms with Crippen molar-refractivity contribution in [2.75, 3.05) is 7.05 Å². The predicted octanol–water partition coefficient (Wildman–Crippen LogP) is 3.78. The van der Waals surface area contributed by atoms with Gasteiger partial charge in [0.1, 0.15) is 0 Å². The molecule has 0 spiro atoms. The highest BCUT2D eigenvalue weighted by Gasteiger charge is 2.29. The van der Waals surface area contributed by atoms with Crippen LogP contribution in [0.4, 0.5) is 11.4 Å². The number of thioether (sulfide) groups is 1. The van der Waals surface area contributed by atoms with Gasteiger partial charge in [0.25, 0.3) is 11.6 Å². The molecule has 1 saturated heterocycles. The van der Waals surface area contributed by atoms with Crippen LogP contribution in [-0.2, 0) is 4.79 Å². The van der Waals surface area contributed by atoms with Crippen LogP contribution >= 0.6 is 11.8 Å². The number of amidine groups is 1. The smallest absolute Gasteiger partial charge is 0.276 e. The lowest BCUT2D eigenvalue weighted by Gasteiger charge is -2.06. The monoisotopic (exact) mass is 366 g/mol. The number of para-hydroxylation sites is 1. The van der Waals surface area contributed by atoms with Crippen molar-refractivity contribution in [3.8, 4) is 0 Å². The molecule has 130 valence electrons. The van der Waals surface area contributed by atoms with Crippen LogP contribution in [-0.4, -0.2) is 32.9 Å². The maximum Gasteiger partial charge on any atom is 0.276 e. The largest absolute Gasteiger partial charge is 0.290 e. The number of allylic oxidation sites excluding steroid dienone is 2. The Kier molecular flexibility index (Phi) is 5.23. The third-order valence-corrected chi connectivity index (χ3v) is 4.61. The summed E-state index contributed by atoms with van der Waals surface area (Å²) in [7, 11) is 1.65. The lowest BCUT2D eigenvalue weighted by atomic mass is 10.1. The van der Waals surface area contributed by atoms with Gasteiger partial charge >= 0.3 is 0 Å². The number of hydrogen-bond donors (Lipinski definition) is 0. The van der Waals surface area contributed by atoms with Crippen molar-refractivity contribution >= 4 is 40.3 Å². The van der Waals surface area contributed by atoms with Crippen LogP contribution in [0.25, 0.3) is 6.08 Å². The van der Waals surface area contributed by atoms with E-state index in [9.17, 15) is 14.9 Å². The molecule has 0 bridgehead atoms. The molecule has 0 atom stereocenters. The number of aromatic nitrogens is 1. The number of benzene rings is 1. The van der Waals surface area contributed by atoms with Gasteiger partial charge in [-0.25, -0.2) is 4.99 Å². The van der Waals surface area contributed by atoms with E-state index in [1.54, 1.807) is 68.0 Å². The highest BCUT2D eigenvalue weighted by atomic mass is 32.2. The Hall–Kier alpha value is -3.26. The summed E-state index contributed by atoms with van der Waals surface area (Å²) in [5.74, 6) is -0.176. The Bertz CT molecular complexity index is 938. The first-order valence-electron chi connectivity index (χ1n) is 7.62. The first kappa shape index (κ1) is 17.6. The van der Waals surface area contributed by atoms with Crippen LogP contribution < -0.4 is 0 Å². The molecule has 1 aliphatic heterocycles. The van der Waals surface area contributed by atoms with Crippen molar-refractivity contribution in [2.45, 2.75) is 0 Å². The molecule has 0 radical (unpaired) electrons. The van der Waals surface area contributed by atoms with Crippen LogP contribution in [0.1, 0.15) is 5.56 Å². The quantitative estimate of drug-likeness (QED) is 0.467. The van der Waals surface area contributed by atoms with Crippen molar-refractivity contribution < 1.29 is 9.72 Å². The molecular weight excluding hydrogens is 352 g/mol. The van der Waals surface area contributed by atoms with E-state index in [1.165, 1.54) is 22.7 Å². The van der Waals surface area contributed by atoms with Gasteiger partial charge in [0, 0.05) is 19.3 Å². The van der Waals surface area contributed by atoms with Gasteiger partial charge in [0.2, 0.25) is 0 Å². The van der Waals surface area contributed by atoms with Gasteiger partial charge in [0.15, 0.2) is 5.17 Å². The van der Waals surface area contributed by atoms with Crippen molar-refractivity contribution in [1.82, 2.24) is 9.88 Å². The van der Waals surface area contributed by atoms with E-state index in [2.05, 4.69) is 9.98 Å². The number of carbonyl (C=O) groups excluding carboxylic acids is 1. The van der Waals surface area contributed by atoms with E-state index in [4.69, 9.17) is 0 Å². The van der Waals surface area contributed by atoms with Gasteiger partial charge in [0.05, 0.1) is 27.3 Å². The summed E-state index contributed by atoms with van der Waals surface area (Å²) in [6.07, 6.45) is 8.13. The van der Waals surface area contributed by atoms with Crippen molar-refractivity contribution in [2.24, 2.45) is 4.99 Å². The Balaban J connectivity index is 1.81. The molecule has 1 aromatic carbocycles. The third-order valence-electron chi connectivity index (χ3n) is 3.53. The molecular formula is C18H14N4O3S. The summed E-state index contributed by atoms with van der Waals surface area (Å²) in [4.78, 5) is 33.3. The van der Waals surface area contributed by atoms with Crippen molar-refractivity contribution in [3.05, 3.63) is 81.5 Å². The van der Waals surface area contributed by atoms with Crippen molar-refractivity contribution in [3.63, 3.8) is 0 Å². The molecule has 3 rings (SSSR count). The van der Waals surface area contributed by atoms with Crippen LogP contribution in [0.2, 0.25) is 0 Å². The summed E-state index contributed by atoms with van der Waals surface area (Å²) < 4.78 is 0. The average molecular weight is 366 g/mol. The number of pyridine rings is 1. The molecule has 26 heavy (non-hydrogen) atoms. The van der Waals surface area contributed by atoms with Crippen LogP contribution in [0.15, 0.2) is 70.8 Å². The number of nitro benzene ring substituents is 1. The zero-order valence-electron chi connectivity index (χ0n) is 13.8. The zero-order chi connectivity index (χ0) is 18.5. The zero-order valence-corrected chi connectivity index (χ0v) is 14.6. The topological polar surface area (TPSA) is 88.7 Å². The fourth-order valence-corrected chi connectivity index (χ4v) is 3.17. The Morgan fingerprint density at radius 2 is 2.08 bits per heavy atom. The molecule has 0 unspecified atom stereocenters. The maximum absolute atomic E-state index is 12.3. The van der Waals surface area contributed by atoms with Gasteiger partial charge in [-0.05, 0) is 42.1 Å². The average Bonchev–Trinajstić information content (AvgIpc) is 2.91. The number of hydrogen-bond acceptors (Lipinski definition) is 6. The lowest BCUT2D eigenvalue weighted by molar-refractivity contribution is -0.385. The summed E-state index contributed by atoms with van der Waals surface area (Å²) in [6, 6.07) is 10.00. The number of amides is 1. The van der Waals surface area contributed by atoms with Gasteiger partial charge in [-0.2, -0.15) is 0 Å². The molecule has 1 aliphatic rings. The second kappa shape index (κ2) is 7.75. The fourth-order valence-electron chi connectivity index (χ4n) is 2.23. The van der Waals surface area contributed by atoms with E-state index < -0.39 is 4.92 Å². The van der Waals surface area contributed by atoms with Crippen LogP contribution in [0.5, 0.6) is 0 Å². The van der Waals surface area contributed by atoms with E-state index in [-0.39, 0.29) is 11.6 Å². The van der Waals surface area contributed by atoms with Gasteiger partial charge in [-0.1, -0.05) is 18.2 Å². The second-order valence-electron chi connectivity index (χ2n) is 5.28. The van der Waals surface area contributed by atoms with Gasteiger partial charge in [-0.15, -0.1) is 0 Å². The standard InChI is InChI=1S/C18H14N4O3S/c1-21-17(23)16(26-18(21)20-14-8-5-11-19-12-14)10-4-7-13-6-2-3-9-15(13)22(24)25/h2-12H,1H3/b7-4+,16-10-,20-18?. The maximum atomic E-state index is 12.3. The fraction of sp³-hybridized carbons (Fsp3) is 0.0556. The van der Waals surface area contributed by atoms with E-state index in [1.807, 2.05) is 0 Å². The second-order valence-corrected chi connectivity index (χ2v) is 6.29. The normalized spacial score (nSPS) is 17.6. The van der Waals surface area contributed by atoms with Gasteiger partial charge < -0.3 is 0 Å². The molecule has 1 amide bonds. The highest BCUT2D eigenvalue weighted by molar-refractivity contribution is 8.18. The first-order valence-corrected chi connectivity index (χ1v) is 8.44. The van der Waals surface area contributed by atoms with E-state index >= 15 is 0 Å². The molecule has 7 nitrogen and oxygen atoms in total. The molecule has 2 aromatic rings. The highest BCUT2D eigenvalue weighted by Crippen LogP contribution is 2.31. The molecule has 0 saturated carbocycles. The molecule has 1 fully saturated rings. The number of rotatable bonds is 4. The number of likely N-dealkylation sites (N-methyl/N-ethyl adjacent to an activating group) is 1. The molecule has 2 heterocycles. The first-order chi connectivity index (χ1) is 12.6. The Morgan fingerprint density at radius 1 is 1.27 bits per heavy atom. The van der Waals surface area contributed by atoms with Crippen LogP contribution in [0, 0.1) is 10.1 Å². The number of aliphatic imine (C=N–C) groups is 1. The minimum Gasteiger partial charge on any atom is -0.290 e. The van der Waals surface area contributed by atoms with E-state index in [0.717, 1.165) is 0 Å². The Labute approximate surface area is 153 Å². The number of nitro groups is 1. The summed E-state index contributed by atoms with van der Waals surface area (Å²) in [5, 5.41) is 11.6. The third kappa shape index (κ3) is 3.86. The molecule has 8 heteroatoms. The Morgan fingerprint density at radius 3 is 2.81 bits per heavy atom. The van der Waals surface area contributed by atoms with E-state index in [0.29, 0.717) is 21.3 Å². The summed E-state index contributed by atoms with van der Waals surface area (Å²) in [6.45, 7) is 0. The summed E-state index contributed by atoms with van der Waals surface area (Å²) >= 11 is 1.24. The van der Waals surface area contributed by atoms with Gasteiger partial charge in [-0.3, -0.25) is 24.8 Å². The summed E-state index contributed by atoms with van der Waals surface area (Å²) in [5.41, 5.74) is 1.15. The number of nitrogens with zero attached hydrogens (tertiary/aromatic N) is 4. The van der Waals surface area contributed by atoms with Crippen molar-refractivity contribution in [1.29, 1.82) is 0 Å². The molecule has 1 aromatic heterocycles. The minimum absolute atomic E-state index is 0.0171. The number of carbonyl (C=O) groups is 1. The minimum atomic E-state index is -0.436.